The summed E-state index contributed by atoms with van der Waals surface area (Å²) in [6, 6.07) is 11.0. The Hall–Kier alpha value is -3.69. The molecule has 0 N–H and O–H groups in total. The Morgan fingerprint density at radius 2 is 1.61 bits per heavy atom. The molecule has 0 spiro atoms. The maximum atomic E-state index is 13.4. The van der Waals surface area contributed by atoms with Gasteiger partial charge >= 0.3 is 11.9 Å². The third-order valence-electron chi connectivity index (χ3n) is 6.61. The summed E-state index contributed by atoms with van der Waals surface area (Å²) >= 11 is 0. The number of amides is 1. The van der Waals surface area contributed by atoms with Crippen molar-refractivity contribution in [3.8, 4) is 5.69 Å². The molecule has 36 heavy (non-hydrogen) atoms. The normalized spacial score (nSPS) is 14.6. The first-order valence-corrected chi connectivity index (χ1v) is 11.8. The van der Waals surface area contributed by atoms with Crippen molar-refractivity contribution in [3.05, 3.63) is 91.8 Å². The van der Waals surface area contributed by atoms with E-state index in [1.807, 2.05) is 6.92 Å². The fraction of sp³-hybridized carbons (Fsp3) is 0.385. The van der Waals surface area contributed by atoms with Gasteiger partial charge in [-0.3, -0.25) is 14.2 Å². The molecule has 3 aromatic rings. The van der Waals surface area contributed by atoms with Crippen molar-refractivity contribution in [3.63, 3.8) is 0 Å². The van der Waals surface area contributed by atoms with Crippen LogP contribution in [0.4, 0.5) is 13.2 Å². The monoisotopic (exact) mass is 500 g/mol. The predicted molar refractivity (Wildman–Crippen MR) is 128 cm³/mol. The molecule has 1 heterocycles. The van der Waals surface area contributed by atoms with Gasteiger partial charge in [0.1, 0.15) is 0 Å². The first kappa shape index (κ1) is 25.4. The number of rotatable bonds is 5. The lowest BCUT2D eigenvalue weighted by Crippen LogP contribution is -2.48. The van der Waals surface area contributed by atoms with E-state index in [0.717, 1.165) is 59.0 Å². The van der Waals surface area contributed by atoms with E-state index in [-0.39, 0.29) is 12.6 Å². The lowest BCUT2D eigenvalue weighted by molar-refractivity contribution is -0.137. The number of hydrogen-bond donors (Lipinski definition) is 0. The molecule has 1 aromatic heterocycles. The molecule has 0 bridgehead atoms. The minimum absolute atomic E-state index is 0.0319. The molecule has 4 rings (SSSR count). The SMILES string of the molecule is Cc1ccc(-n2nc(C(=O)N(C)C3CCCCC3)c(=O)n(Cc3ccc(C(F)(F)F)cc3)c2=O)cc1. The number of hydrogen-bond acceptors (Lipinski definition) is 4. The fourth-order valence-electron chi connectivity index (χ4n) is 4.43. The van der Waals surface area contributed by atoms with Crippen molar-refractivity contribution in [1.29, 1.82) is 0 Å². The highest BCUT2D eigenvalue weighted by molar-refractivity contribution is 5.91. The molecule has 1 saturated carbocycles. The molecule has 2 aromatic carbocycles. The van der Waals surface area contributed by atoms with E-state index in [0.29, 0.717) is 11.3 Å². The molecule has 1 fully saturated rings. The van der Waals surface area contributed by atoms with Crippen molar-refractivity contribution < 1.29 is 18.0 Å². The third kappa shape index (κ3) is 5.27. The number of halogens is 3. The summed E-state index contributed by atoms with van der Waals surface area (Å²) in [5.74, 6) is -0.589. The molecule has 1 aliphatic carbocycles. The van der Waals surface area contributed by atoms with Crippen LogP contribution in [0.15, 0.2) is 58.1 Å². The molecular weight excluding hydrogens is 473 g/mol. The Morgan fingerprint density at radius 3 is 2.19 bits per heavy atom. The fourth-order valence-corrected chi connectivity index (χ4v) is 4.43. The van der Waals surface area contributed by atoms with Crippen LogP contribution in [-0.4, -0.2) is 38.2 Å². The van der Waals surface area contributed by atoms with E-state index < -0.39 is 34.6 Å². The molecule has 7 nitrogen and oxygen atoms in total. The standard InChI is InChI=1S/C26H27F3N4O3/c1-17-8-14-21(15-9-17)33-25(36)32(16-18-10-12-19(13-11-18)26(27,28)29)24(35)22(30-33)23(34)31(2)20-6-4-3-5-7-20/h8-15,20H,3-7,16H2,1-2H3. The Labute approximate surface area is 205 Å². The van der Waals surface area contributed by atoms with E-state index in [1.165, 1.54) is 17.0 Å². The summed E-state index contributed by atoms with van der Waals surface area (Å²) in [6.07, 6.45) is 0.190. The summed E-state index contributed by atoms with van der Waals surface area (Å²) in [4.78, 5) is 41.5. The number of aromatic nitrogens is 3. The second kappa shape index (κ2) is 10.1. The second-order valence-corrected chi connectivity index (χ2v) is 9.17. The van der Waals surface area contributed by atoms with Gasteiger partial charge in [0.15, 0.2) is 0 Å². The van der Waals surface area contributed by atoms with Crippen LogP contribution in [0.3, 0.4) is 0 Å². The number of nitrogens with zero attached hydrogens (tertiary/aromatic N) is 4. The zero-order valence-electron chi connectivity index (χ0n) is 20.1. The molecular formula is C26H27F3N4O3. The van der Waals surface area contributed by atoms with Crippen LogP contribution in [0.5, 0.6) is 0 Å². The van der Waals surface area contributed by atoms with E-state index in [9.17, 15) is 27.6 Å². The van der Waals surface area contributed by atoms with Gasteiger partial charge in [0.05, 0.1) is 17.8 Å². The number of carbonyl (C=O) groups excluding carboxylic acids is 1. The highest BCUT2D eigenvalue weighted by Crippen LogP contribution is 2.29. The maximum Gasteiger partial charge on any atom is 0.416 e. The first-order valence-electron chi connectivity index (χ1n) is 11.8. The topological polar surface area (TPSA) is 77.2 Å². The largest absolute Gasteiger partial charge is 0.416 e. The Morgan fingerprint density at radius 1 is 1.00 bits per heavy atom. The summed E-state index contributed by atoms with van der Waals surface area (Å²) in [6.45, 7) is 1.57. The van der Waals surface area contributed by atoms with Crippen molar-refractivity contribution in [2.45, 2.75) is 57.8 Å². The second-order valence-electron chi connectivity index (χ2n) is 9.17. The van der Waals surface area contributed by atoms with Crippen molar-refractivity contribution >= 4 is 5.91 Å². The molecule has 0 aliphatic heterocycles. The van der Waals surface area contributed by atoms with Gasteiger partial charge < -0.3 is 4.90 Å². The minimum atomic E-state index is -4.51. The van der Waals surface area contributed by atoms with Crippen LogP contribution in [0.25, 0.3) is 5.69 Å². The molecule has 10 heteroatoms. The van der Waals surface area contributed by atoms with Gasteiger partial charge in [-0.25, -0.2) is 4.79 Å². The summed E-state index contributed by atoms with van der Waals surface area (Å²) in [5, 5.41) is 4.17. The molecule has 0 radical (unpaired) electrons. The van der Waals surface area contributed by atoms with E-state index in [2.05, 4.69) is 5.10 Å². The van der Waals surface area contributed by atoms with Gasteiger partial charge in [-0.2, -0.15) is 23.0 Å². The van der Waals surface area contributed by atoms with Crippen molar-refractivity contribution in [2.75, 3.05) is 7.05 Å². The van der Waals surface area contributed by atoms with Gasteiger partial charge in [0.2, 0.25) is 5.69 Å². The highest BCUT2D eigenvalue weighted by atomic mass is 19.4. The Balaban J connectivity index is 1.80. The Kier molecular flexibility index (Phi) is 7.14. The lowest BCUT2D eigenvalue weighted by Gasteiger charge is -2.30. The third-order valence-corrected chi connectivity index (χ3v) is 6.61. The molecule has 1 amide bonds. The van der Waals surface area contributed by atoms with Crippen LogP contribution < -0.4 is 11.2 Å². The molecule has 190 valence electrons. The molecule has 0 atom stereocenters. The van der Waals surface area contributed by atoms with Crippen LogP contribution in [0, 0.1) is 6.92 Å². The quantitative estimate of drug-likeness (QED) is 0.527. The van der Waals surface area contributed by atoms with Crippen molar-refractivity contribution in [1.82, 2.24) is 19.2 Å². The zero-order chi connectivity index (χ0) is 26.0. The van der Waals surface area contributed by atoms with Gasteiger partial charge in [0.25, 0.3) is 11.5 Å². The molecule has 0 saturated heterocycles. The number of benzene rings is 2. The average molecular weight is 501 g/mol. The van der Waals surface area contributed by atoms with Gasteiger partial charge in [-0.1, -0.05) is 49.1 Å². The number of carbonyl (C=O) groups is 1. The average Bonchev–Trinajstić information content (AvgIpc) is 2.87. The van der Waals surface area contributed by atoms with Gasteiger partial charge in [0, 0.05) is 13.1 Å². The van der Waals surface area contributed by atoms with Crippen LogP contribution in [0.2, 0.25) is 0 Å². The van der Waals surface area contributed by atoms with Gasteiger partial charge in [-0.15, -0.1) is 0 Å². The summed E-state index contributed by atoms with van der Waals surface area (Å²) in [7, 11) is 1.63. The summed E-state index contributed by atoms with van der Waals surface area (Å²) < 4.78 is 40.7. The van der Waals surface area contributed by atoms with E-state index in [1.54, 1.807) is 31.3 Å². The maximum absolute atomic E-state index is 13.4. The Bertz CT molecular complexity index is 1350. The minimum Gasteiger partial charge on any atom is -0.337 e. The van der Waals surface area contributed by atoms with Crippen LogP contribution >= 0.6 is 0 Å². The first-order chi connectivity index (χ1) is 17.1. The van der Waals surface area contributed by atoms with Crippen LogP contribution in [0.1, 0.15) is 59.3 Å². The number of aryl methyl sites for hydroxylation is 1. The van der Waals surface area contributed by atoms with Gasteiger partial charge in [-0.05, 0) is 49.6 Å². The lowest BCUT2D eigenvalue weighted by atomic mass is 9.94. The van der Waals surface area contributed by atoms with E-state index in [4.69, 9.17) is 0 Å². The highest BCUT2D eigenvalue weighted by Gasteiger charge is 2.30. The smallest absolute Gasteiger partial charge is 0.337 e. The summed E-state index contributed by atoms with van der Waals surface area (Å²) in [5.41, 5.74) is -1.30. The zero-order valence-corrected chi connectivity index (χ0v) is 20.1. The van der Waals surface area contributed by atoms with Crippen molar-refractivity contribution in [2.24, 2.45) is 0 Å². The predicted octanol–water partition coefficient (Wildman–Crippen LogP) is 4.17. The molecule has 1 aliphatic rings. The number of alkyl halides is 3. The molecule has 0 unspecified atom stereocenters. The van der Waals surface area contributed by atoms with E-state index >= 15 is 0 Å². The van der Waals surface area contributed by atoms with Crippen LogP contribution in [-0.2, 0) is 12.7 Å².